The van der Waals surface area contributed by atoms with E-state index in [9.17, 15) is 4.79 Å². The molecule has 2 nitrogen and oxygen atoms in total. The first-order valence-electron chi connectivity index (χ1n) is 6.63. The second kappa shape index (κ2) is 6.95. The highest BCUT2D eigenvalue weighted by Crippen LogP contribution is 2.21. The number of hydrogen-bond acceptors (Lipinski definition) is 3. The Bertz CT molecular complexity index is 371. The summed E-state index contributed by atoms with van der Waals surface area (Å²) in [5.41, 5.74) is 0.844. The third-order valence-corrected chi connectivity index (χ3v) is 4.76. The molecule has 0 atom stereocenters. The first kappa shape index (κ1) is 13.6. The molecule has 98 valence electrons. The zero-order valence-corrected chi connectivity index (χ0v) is 11.8. The lowest BCUT2D eigenvalue weighted by atomic mass is 10.1. The quantitative estimate of drug-likeness (QED) is 0.761. The average molecular weight is 263 g/mol. The molecule has 1 fully saturated rings. The van der Waals surface area contributed by atoms with Crippen LogP contribution >= 0.6 is 11.8 Å². The number of carbonyl (C=O) groups excluding carboxylic acids is 1. The van der Waals surface area contributed by atoms with Crippen LogP contribution < -0.4 is 0 Å². The van der Waals surface area contributed by atoms with Crippen LogP contribution in [-0.4, -0.2) is 41.8 Å². The Kier molecular flexibility index (Phi) is 5.26. The third-order valence-electron chi connectivity index (χ3n) is 3.62. The Morgan fingerprint density at radius 1 is 1.28 bits per heavy atom. The lowest BCUT2D eigenvalue weighted by Gasteiger charge is -2.30. The standard InChI is InChI=1S/C15H21NOS/c1-18-14-7-10-16(11-8-14)12-9-15(17)13-5-3-2-4-6-13/h2-6,14H,7-12H2,1H3. The fourth-order valence-corrected chi connectivity index (χ4v) is 3.08. The molecule has 0 N–H and O–H groups in total. The van der Waals surface area contributed by atoms with Crippen molar-refractivity contribution in [1.29, 1.82) is 0 Å². The summed E-state index contributed by atoms with van der Waals surface area (Å²) >= 11 is 1.98. The monoisotopic (exact) mass is 263 g/mol. The minimum absolute atomic E-state index is 0.266. The van der Waals surface area contributed by atoms with Crippen molar-refractivity contribution in [2.45, 2.75) is 24.5 Å². The molecule has 0 unspecified atom stereocenters. The lowest BCUT2D eigenvalue weighted by Crippen LogP contribution is -2.36. The molecule has 1 heterocycles. The maximum absolute atomic E-state index is 12.0. The molecule has 0 spiro atoms. The Labute approximate surface area is 114 Å². The third kappa shape index (κ3) is 3.85. The highest BCUT2D eigenvalue weighted by Gasteiger charge is 2.18. The molecule has 1 aliphatic heterocycles. The van der Waals surface area contributed by atoms with Crippen LogP contribution in [0.2, 0.25) is 0 Å². The van der Waals surface area contributed by atoms with Gasteiger partial charge in [-0.3, -0.25) is 4.79 Å². The molecule has 1 aliphatic rings. The van der Waals surface area contributed by atoms with Gasteiger partial charge in [-0.1, -0.05) is 30.3 Å². The average Bonchev–Trinajstić information content (AvgIpc) is 2.46. The minimum atomic E-state index is 0.266. The number of nitrogens with zero attached hydrogens (tertiary/aromatic N) is 1. The van der Waals surface area contributed by atoms with Crippen molar-refractivity contribution >= 4 is 17.5 Å². The molecule has 0 saturated carbocycles. The molecule has 3 heteroatoms. The molecular formula is C15H21NOS. The van der Waals surface area contributed by atoms with E-state index in [1.807, 2.05) is 42.1 Å². The molecule has 0 amide bonds. The SMILES string of the molecule is CSC1CCN(CCC(=O)c2ccccc2)CC1. The maximum atomic E-state index is 12.0. The van der Waals surface area contributed by atoms with Gasteiger partial charge in [0.1, 0.15) is 0 Å². The summed E-state index contributed by atoms with van der Waals surface area (Å²) in [4.78, 5) is 14.4. The topological polar surface area (TPSA) is 20.3 Å². The van der Waals surface area contributed by atoms with Gasteiger partial charge < -0.3 is 4.90 Å². The largest absolute Gasteiger partial charge is 0.303 e. The van der Waals surface area contributed by atoms with Gasteiger partial charge in [0.05, 0.1) is 0 Å². The summed E-state index contributed by atoms with van der Waals surface area (Å²) in [5, 5.41) is 0.825. The van der Waals surface area contributed by atoms with Gasteiger partial charge in [-0.25, -0.2) is 0 Å². The number of thioether (sulfide) groups is 1. The Hall–Kier alpha value is -0.800. The predicted molar refractivity (Wildman–Crippen MR) is 78.4 cm³/mol. The summed E-state index contributed by atoms with van der Waals surface area (Å²) in [6.45, 7) is 3.20. The smallest absolute Gasteiger partial charge is 0.164 e. The summed E-state index contributed by atoms with van der Waals surface area (Å²) in [5.74, 6) is 0.266. The van der Waals surface area contributed by atoms with E-state index in [4.69, 9.17) is 0 Å². The molecule has 2 rings (SSSR count). The molecule has 18 heavy (non-hydrogen) atoms. The van der Waals surface area contributed by atoms with Crippen molar-refractivity contribution in [3.63, 3.8) is 0 Å². The minimum Gasteiger partial charge on any atom is -0.303 e. The van der Waals surface area contributed by atoms with Crippen LogP contribution in [0.15, 0.2) is 30.3 Å². The van der Waals surface area contributed by atoms with Crippen LogP contribution in [0, 0.1) is 0 Å². The lowest BCUT2D eigenvalue weighted by molar-refractivity contribution is 0.0959. The van der Waals surface area contributed by atoms with Gasteiger partial charge >= 0.3 is 0 Å². The van der Waals surface area contributed by atoms with E-state index in [1.165, 1.54) is 12.8 Å². The van der Waals surface area contributed by atoms with Crippen molar-refractivity contribution in [2.75, 3.05) is 25.9 Å². The van der Waals surface area contributed by atoms with Gasteiger partial charge in [-0.05, 0) is 32.2 Å². The van der Waals surface area contributed by atoms with E-state index in [0.717, 1.165) is 30.4 Å². The number of piperidine rings is 1. The van der Waals surface area contributed by atoms with E-state index >= 15 is 0 Å². The molecule has 1 aromatic carbocycles. The van der Waals surface area contributed by atoms with Crippen molar-refractivity contribution in [3.8, 4) is 0 Å². The van der Waals surface area contributed by atoms with Crippen LogP contribution in [0.5, 0.6) is 0 Å². The fourth-order valence-electron chi connectivity index (χ4n) is 2.40. The zero-order valence-electron chi connectivity index (χ0n) is 11.0. The summed E-state index contributed by atoms with van der Waals surface area (Å²) in [6.07, 6.45) is 5.37. The highest BCUT2D eigenvalue weighted by atomic mass is 32.2. The summed E-state index contributed by atoms with van der Waals surface area (Å²) in [7, 11) is 0. The molecule has 0 radical (unpaired) electrons. The van der Waals surface area contributed by atoms with Crippen LogP contribution in [0.25, 0.3) is 0 Å². The van der Waals surface area contributed by atoms with Crippen molar-refractivity contribution < 1.29 is 4.79 Å². The van der Waals surface area contributed by atoms with Crippen LogP contribution in [0.1, 0.15) is 29.6 Å². The fraction of sp³-hybridized carbons (Fsp3) is 0.533. The van der Waals surface area contributed by atoms with Gasteiger partial charge in [0, 0.05) is 23.8 Å². The van der Waals surface area contributed by atoms with Gasteiger partial charge in [0.15, 0.2) is 5.78 Å². The number of rotatable bonds is 5. The number of likely N-dealkylation sites (tertiary alicyclic amines) is 1. The van der Waals surface area contributed by atoms with E-state index in [2.05, 4.69) is 11.2 Å². The van der Waals surface area contributed by atoms with E-state index in [1.54, 1.807) is 0 Å². The first-order valence-corrected chi connectivity index (χ1v) is 7.92. The second-order valence-corrected chi connectivity index (χ2v) is 5.95. The van der Waals surface area contributed by atoms with Gasteiger partial charge in [0.25, 0.3) is 0 Å². The Morgan fingerprint density at radius 3 is 2.56 bits per heavy atom. The summed E-state index contributed by atoms with van der Waals surface area (Å²) < 4.78 is 0. The summed E-state index contributed by atoms with van der Waals surface area (Å²) in [6, 6.07) is 9.61. The van der Waals surface area contributed by atoms with Crippen molar-refractivity contribution in [1.82, 2.24) is 4.90 Å². The maximum Gasteiger partial charge on any atom is 0.164 e. The Morgan fingerprint density at radius 2 is 1.94 bits per heavy atom. The number of Topliss-reactive ketones (excluding diaryl/α,β-unsaturated/α-hetero) is 1. The van der Waals surface area contributed by atoms with Gasteiger partial charge in [0.2, 0.25) is 0 Å². The molecule has 1 aromatic rings. The van der Waals surface area contributed by atoms with E-state index in [-0.39, 0.29) is 5.78 Å². The Balaban J connectivity index is 1.74. The van der Waals surface area contributed by atoms with Crippen molar-refractivity contribution in [2.24, 2.45) is 0 Å². The van der Waals surface area contributed by atoms with E-state index < -0.39 is 0 Å². The molecule has 0 bridgehead atoms. The van der Waals surface area contributed by atoms with Crippen LogP contribution in [-0.2, 0) is 0 Å². The van der Waals surface area contributed by atoms with Gasteiger partial charge in [-0.2, -0.15) is 11.8 Å². The predicted octanol–water partition coefficient (Wildman–Crippen LogP) is 3.09. The molecule has 0 aromatic heterocycles. The van der Waals surface area contributed by atoms with Gasteiger partial charge in [-0.15, -0.1) is 0 Å². The second-order valence-electron chi connectivity index (χ2n) is 4.82. The molecular weight excluding hydrogens is 242 g/mol. The number of benzene rings is 1. The molecule has 0 aliphatic carbocycles. The molecule has 1 saturated heterocycles. The number of ketones is 1. The normalized spacial score (nSPS) is 17.8. The van der Waals surface area contributed by atoms with Crippen molar-refractivity contribution in [3.05, 3.63) is 35.9 Å². The van der Waals surface area contributed by atoms with Crippen LogP contribution in [0.3, 0.4) is 0 Å². The number of carbonyl (C=O) groups is 1. The number of hydrogen-bond donors (Lipinski definition) is 0. The highest BCUT2D eigenvalue weighted by molar-refractivity contribution is 7.99. The zero-order chi connectivity index (χ0) is 12.8. The first-order chi connectivity index (χ1) is 8.79. The van der Waals surface area contributed by atoms with Crippen LogP contribution in [0.4, 0.5) is 0 Å². The van der Waals surface area contributed by atoms with E-state index in [0.29, 0.717) is 6.42 Å².